The van der Waals surface area contributed by atoms with E-state index >= 15 is 0 Å². The summed E-state index contributed by atoms with van der Waals surface area (Å²) in [6.07, 6.45) is 0. The molecule has 0 aliphatic rings. The van der Waals surface area contributed by atoms with Crippen molar-refractivity contribution in [2.75, 3.05) is 18.9 Å². The molecule has 1 aromatic heterocycles. The van der Waals surface area contributed by atoms with Gasteiger partial charge < -0.3 is 14.6 Å². The Labute approximate surface area is 182 Å². The molecule has 0 unspecified atom stereocenters. The van der Waals surface area contributed by atoms with Crippen molar-refractivity contribution in [3.8, 4) is 17.1 Å². The first-order valence-corrected chi connectivity index (χ1v) is 11.1. The number of carbonyl (C=O) groups is 1. The number of thioether (sulfide) groups is 1. The number of ether oxygens (including phenoxy) is 1. The molecule has 0 fully saturated rings. The van der Waals surface area contributed by atoms with Crippen molar-refractivity contribution in [2.24, 2.45) is 0 Å². The molecule has 3 rings (SSSR count). The smallest absolute Gasteiger partial charge is 0.230 e. The molecule has 1 amide bonds. The Kier molecular flexibility index (Phi) is 7.52. The summed E-state index contributed by atoms with van der Waals surface area (Å²) in [5.41, 5.74) is 4.54. The maximum Gasteiger partial charge on any atom is 0.230 e. The fourth-order valence-corrected chi connectivity index (χ4v) is 4.09. The Bertz CT molecular complexity index is 996. The minimum atomic E-state index is -0.0490. The van der Waals surface area contributed by atoms with E-state index in [-0.39, 0.29) is 11.7 Å². The standard InChI is InChI=1S/C23H28N4O2S/c1-5-27-22(20-9-7-6-8-18(20)4)25-26-23(27)30-15-21(28)24-10-11-29-19-13-16(2)12-17(3)14-19/h6-9,12-14H,5,10-11,15H2,1-4H3,(H,24,28). The normalized spacial score (nSPS) is 10.8. The molecule has 0 saturated carbocycles. The van der Waals surface area contributed by atoms with Gasteiger partial charge in [-0.2, -0.15) is 0 Å². The van der Waals surface area contributed by atoms with Gasteiger partial charge in [-0.3, -0.25) is 4.79 Å². The van der Waals surface area contributed by atoms with Gasteiger partial charge in [-0.25, -0.2) is 0 Å². The molecule has 7 heteroatoms. The van der Waals surface area contributed by atoms with E-state index in [0.717, 1.165) is 45.5 Å². The zero-order chi connectivity index (χ0) is 21.5. The van der Waals surface area contributed by atoms with Crippen molar-refractivity contribution in [3.05, 3.63) is 59.2 Å². The zero-order valence-electron chi connectivity index (χ0n) is 17.9. The zero-order valence-corrected chi connectivity index (χ0v) is 18.8. The third-order valence-corrected chi connectivity index (χ3v) is 5.61. The highest BCUT2D eigenvalue weighted by Crippen LogP contribution is 2.26. The molecule has 1 heterocycles. The molecule has 6 nitrogen and oxygen atoms in total. The second-order valence-corrected chi connectivity index (χ2v) is 8.12. The van der Waals surface area contributed by atoms with Gasteiger partial charge in [-0.05, 0) is 56.5 Å². The SMILES string of the molecule is CCn1c(SCC(=O)NCCOc2cc(C)cc(C)c2)nnc1-c1ccccc1C. The summed E-state index contributed by atoms with van der Waals surface area (Å²) in [6.45, 7) is 9.83. The summed E-state index contributed by atoms with van der Waals surface area (Å²) in [6, 6.07) is 14.2. The monoisotopic (exact) mass is 424 g/mol. The Morgan fingerprint density at radius 3 is 2.53 bits per heavy atom. The Morgan fingerprint density at radius 1 is 1.10 bits per heavy atom. The minimum absolute atomic E-state index is 0.0490. The molecule has 158 valence electrons. The molecule has 0 saturated heterocycles. The fraction of sp³-hybridized carbons (Fsp3) is 0.348. The average Bonchev–Trinajstić information content (AvgIpc) is 3.12. The molecule has 0 aliphatic carbocycles. The van der Waals surface area contributed by atoms with Gasteiger partial charge in [0.15, 0.2) is 11.0 Å². The van der Waals surface area contributed by atoms with Crippen LogP contribution in [0, 0.1) is 20.8 Å². The molecule has 0 radical (unpaired) electrons. The van der Waals surface area contributed by atoms with Crippen LogP contribution in [0.15, 0.2) is 47.6 Å². The first kappa shape index (κ1) is 21.9. The number of hydrogen-bond donors (Lipinski definition) is 1. The van der Waals surface area contributed by atoms with Crippen molar-refractivity contribution < 1.29 is 9.53 Å². The van der Waals surface area contributed by atoms with Gasteiger partial charge in [-0.15, -0.1) is 10.2 Å². The number of aryl methyl sites for hydroxylation is 3. The first-order chi connectivity index (χ1) is 14.5. The van der Waals surface area contributed by atoms with Crippen LogP contribution in [-0.4, -0.2) is 39.6 Å². The summed E-state index contributed by atoms with van der Waals surface area (Å²) in [5, 5.41) is 12.3. The predicted octanol–water partition coefficient (Wildman–Crippen LogP) is 4.18. The summed E-state index contributed by atoms with van der Waals surface area (Å²) in [4.78, 5) is 12.2. The lowest BCUT2D eigenvalue weighted by atomic mass is 10.1. The second-order valence-electron chi connectivity index (χ2n) is 7.18. The Hall–Kier alpha value is -2.80. The van der Waals surface area contributed by atoms with E-state index in [2.05, 4.69) is 41.5 Å². The van der Waals surface area contributed by atoms with E-state index in [4.69, 9.17) is 4.74 Å². The summed E-state index contributed by atoms with van der Waals surface area (Å²) in [5.74, 6) is 1.90. The lowest BCUT2D eigenvalue weighted by molar-refractivity contribution is -0.118. The molecule has 1 N–H and O–H groups in total. The van der Waals surface area contributed by atoms with E-state index < -0.39 is 0 Å². The largest absolute Gasteiger partial charge is 0.492 e. The quantitative estimate of drug-likeness (QED) is 0.412. The lowest BCUT2D eigenvalue weighted by Crippen LogP contribution is -2.29. The molecular weight excluding hydrogens is 396 g/mol. The molecule has 0 atom stereocenters. The minimum Gasteiger partial charge on any atom is -0.492 e. The predicted molar refractivity (Wildman–Crippen MR) is 121 cm³/mol. The van der Waals surface area contributed by atoms with E-state index in [1.807, 2.05) is 48.7 Å². The van der Waals surface area contributed by atoms with Crippen LogP contribution >= 0.6 is 11.8 Å². The molecule has 0 aliphatic heterocycles. The van der Waals surface area contributed by atoms with Gasteiger partial charge in [0.1, 0.15) is 12.4 Å². The third kappa shape index (κ3) is 5.63. The number of benzene rings is 2. The number of aromatic nitrogens is 3. The van der Waals surface area contributed by atoms with Crippen LogP contribution in [0.2, 0.25) is 0 Å². The van der Waals surface area contributed by atoms with Gasteiger partial charge in [0.05, 0.1) is 12.3 Å². The maximum absolute atomic E-state index is 12.2. The number of nitrogens with one attached hydrogen (secondary N) is 1. The van der Waals surface area contributed by atoms with Crippen molar-refractivity contribution in [1.82, 2.24) is 20.1 Å². The van der Waals surface area contributed by atoms with Crippen LogP contribution < -0.4 is 10.1 Å². The topological polar surface area (TPSA) is 69.0 Å². The van der Waals surface area contributed by atoms with Gasteiger partial charge in [0, 0.05) is 12.1 Å². The van der Waals surface area contributed by atoms with E-state index in [0.29, 0.717) is 13.2 Å². The fourth-order valence-electron chi connectivity index (χ4n) is 3.26. The Balaban J connectivity index is 1.49. The number of nitrogens with zero attached hydrogens (tertiary/aromatic N) is 3. The second kappa shape index (κ2) is 10.3. The lowest BCUT2D eigenvalue weighted by Gasteiger charge is -2.10. The molecule has 3 aromatic rings. The summed E-state index contributed by atoms with van der Waals surface area (Å²) >= 11 is 1.40. The molecule has 0 spiro atoms. The average molecular weight is 425 g/mol. The molecule has 2 aromatic carbocycles. The van der Waals surface area contributed by atoms with E-state index in [9.17, 15) is 4.79 Å². The van der Waals surface area contributed by atoms with E-state index in [1.165, 1.54) is 11.8 Å². The van der Waals surface area contributed by atoms with Gasteiger partial charge in [0.25, 0.3) is 0 Å². The number of carbonyl (C=O) groups excluding carboxylic acids is 1. The van der Waals surface area contributed by atoms with Crippen LogP contribution in [0.5, 0.6) is 5.75 Å². The van der Waals surface area contributed by atoms with Crippen molar-refractivity contribution in [2.45, 2.75) is 39.4 Å². The number of hydrogen-bond acceptors (Lipinski definition) is 5. The van der Waals surface area contributed by atoms with Crippen LogP contribution in [0.4, 0.5) is 0 Å². The van der Waals surface area contributed by atoms with Crippen molar-refractivity contribution in [1.29, 1.82) is 0 Å². The maximum atomic E-state index is 12.2. The third-order valence-electron chi connectivity index (χ3n) is 4.64. The van der Waals surface area contributed by atoms with Crippen LogP contribution in [0.3, 0.4) is 0 Å². The Morgan fingerprint density at radius 2 is 1.83 bits per heavy atom. The van der Waals surface area contributed by atoms with Gasteiger partial charge in [-0.1, -0.05) is 42.1 Å². The summed E-state index contributed by atoms with van der Waals surface area (Å²) in [7, 11) is 0. The highest BCUT2D eigenvalue weighted by Gasteiger charge is 2.15. The van der Waals surface area contributed by atoms with Crippen LogP contribution in [0.1, 0.15) is 23.6 Å². The molecular formula is C23H28N4O2S. The molecule has 0 bridgehead atoms. The van der Waals surface area contributed by atoms with Crippen LogP contribution in [0.25, 0.3) is 11.4 Å². The summed E-state index contributed by atoms with van der Waals surface area (Å²) < 4.78 is 7.78. The highest BCUT2D eigenvalue weighted by molar-refractivity contribution is 7.99. The van der Waals surface area contributed by atoms with Gasteiger partial charge in [0.2, 0.25) is 5.91 Å². The van der Waals surface area contributed by atoms with Gasteiger partial charge >= 0.3 is 0 Å². The highest BCUT2D eigenvalue weighted by atomic mass is 32.2. The van der Waals surface area contributed by atoms with E-state index in [1.54, 1.807) is 0 Å². The van der Waals surface area contributed by atoms with Crippen molar-refractivity contribution in [3.63, 3.8) is 0 Å². The van der Waals surface area contributed by atoms with Crippen LogP contribution in [-0.2, 0) is 11.3 Å². The van der Waals surface area contributed by atoms with Crippen molar-refractivity contribution >= 4 is 17.7 Å². The number of rotatable bonds is 9. The number of amides is 1. The molecule has 30 heavy (non-hydrogen) atoms. The first-order valence-electron chi connectivity index (χ1n) is 10.1.